The molecule has 2 aromatic heterocycles. The maximum Gasteiger partial charge on any atom is 0.257 e. The van der Waals surface area contributed by atoms with Crippen molar-refractivity contribution in [2.75, 3.05) is 0 Å². The zero-order chi connectivity index (χ0) is 14.7. The number of imidazole rings is 1. The summed E-state index contributed by atoms with van der Waals surface area (Å²) in [4.78, 5) is 10.3. The van der Waals surface area contributed by atoms with Crippen molar-refractivity contribution < 1.29 is 8.42 Å². The average Bonchev–Trinajstić information content (AvgIpc) is 3.18. The van der Waals surface area contributed by atoms with Gasteiger partial charge in [-0.1, -0.05) is 18.2 Å². The van der Waals surface area contributed by atoms with Crippen molar-refractivity contribution in [3.63, 3.8) is 0 Å². The van der Waals surface area contributed by atoms with E-state index < -0.39 is 10.0 Å². The van der Waals surface area contributed by atoms with E-state index in [0.717, 1.165) is 11.1 Å². The Morgan fingerprint density at radius 3 is 2.90 bits per heavy atom. The molecule has 0 spiro atoms. The lowest BCUT2D eigenvalue weighted by molar-refractivity contribution is 0.578. The molecule has 0 unspecified atom stereocenters. The van der Waals surface area contributed by atoms with Gasteiger partial charge in [0.1, 0.15) is 6.33 Å². The van der Waals surface area contributed by atoms with Crippen LogP contribution in [0.5, 0.6) is 0 Å². The standard InChI is InChI=1S/C12H12N6O2S/c19-21(20,11-6-13-7-14-11)17-5-9-2-1-3-10(4-9)12-15-8-16-18-12/h1-4,6-8,17H,5H2,(H,13,14)(H,15,16,18). The Morgan fingerprint density at radius 2 is 2.19 bits per heavy atom. The van der Waals surface area contributed by atoms with Gasteiger partial charge in [0.25, 0.3) is 10.0 Å². The number of hydrogen-bond donors (Lipinski definition) is 3. The van der Waals surface area contributed by atoms with Crippen LogP contribution in [0.4, 0.5) is 0 Å². The Labute approximate surface area is 120 Å². The van der Waals surface area contributed by atoms with Crippen LogP contribution in [0.1, 0.15) is 5.56 Å². The lowest BCUT2D eigenvalue weighted by Gasteiger charge is -2.06. The molecule has 21 heavy (non-hydrogen) atoms. The summed E-state index contributed by atoms with van der Waals surface area (Å²) in [5.74, 6) is 0.633. The number of H-pyrrole nitrogens is 2. The number of benzene rings is 1. The van der Waals surface area contributed by atoms with Crippen LogP contribution in [0.15, 0.2) is 48.1 Å². The highest BCUT2D eigenvalue weighted by atomic mass is 32.2. The van der Waals surface area contributed by atoms with Crippen molar-refractivity contribution in [3.05, 3.63) is 48.7 Å². The number of nitrogens with zero attached hydrogens (tertiary/aromatic N) is 3. The van der Waals surface area contributed by atoms with E-state index in [2.05, 4.69) is 29.9 Å². The minimum atomic E-state index is -3.59. The van der Waals surface area contributed by atoms with Crippen molar-refractivity contribution in [2.24, 2.45) is 0 Å². The van der Waals surface area contributed by atoms with Gasteiger partial charge >= 0.3 is 0 Å². The molecule has 0 saturated heterocycles. The second-order valence-corrected chi connectivity index (χ2v) is 6.01. The van der Waals surface area contributed by atoms with E-state index >= 15 is 0 Å². The first-order valence-electron chi connectivity index (χ1n) is 6.08. The van der Waals surface area contributed by atoms with Crippen molar-refractivity contribution in [1.29, 1.82) is 0 Å². The maximum absolute atomic E-state index is 12.0. The van der Waals surface area contributed by atoms with Crippen molar-refractivity contribution in [2.45, 2.75) is 11.6 Å². The molecule has 108 valence electrons. The summed E-state index contributed by atoms with van der Waals surface area (Å²) >= 11 is 0. The summed E-state index contributed by atoms with van der Waals surface area (Å²) < 4.78 is 26.4. The normalized spacial score (nSPS) is 11.6. The minimum Gasteiger partial charge on any atom is -0.335 e. The molecule has 0 aliphatic carbocycles. The van der Waals surface area contributed by atoms with Crippen molar-refractivity contribution in [3.8, 4) is 11.4 Å². The zero-order valence-electron chi connectivity index (χ0n) is 10.8. The van der Waals surface area contributed by atoms with Gasteiger partial charge in [0.2, 0.25) is 0 Å². The molecule has 0 aliphatic heterocycles. The summed E-state index contributed by atoms with van der Waals surface area (Å²) in [7, 11) is -3.59. The van der Waals surface area contributed by atoms with Crippen LogP contribution in [-0.4, -0.2) is 33.6 Å². The van der Waals surface area contributed by atoms with Crippen LogP contribution in [0.2, 0.25) is 0 Å². The fraction of sp³-hybridized carbons (Fsp3) is 0.0833. The Morgan fingerprint density at radius 1 is 1.29 bits per heavy atom. The molecule has 0 radical (unpaired) electrons. The molecule has 9 heteroatoms. The van der Waals surface area contributed by atoms with Gasteiger partial charge in [-0.15, -0.1) is 0 Å². The van der Waals surface area contributed by atoms with Crippen molar-refractivity contribution in [1.82, 2.24) is 29.9 Å². The molecule has 0 saturated carbocycles. The van der Waals surface area contributed by atoms with Crippen molar-refractivity contribution >= 4 is 10.0 Å². The van der Waals surface area contributed by atoms with Gasteiger partial charge in [0, 0.05) is 12.1 Å². The molecule has 8 nitrogen and oxygen atoms in total. The SMILES string of the molecule is O=S(=O)(NCc1cccc(-c2ncn[nH]2)c1)c1cnc[nH]1. The number of aromatic nitrogens is 5. The lowest BCUT2D eigenvalue weighted by atomic mass is 10.1. The molecule has 3 rings (SSSR count). The van der Waals surface area contributed by atoms with Gasteiger partial charge in [-0.25, -0.2) is 23.1 Å². The summed E-state index contributed by atoms with van der Waals surface area (Å²) in [5.41, 5.74) is 1.65. The predicted molar refractivity (Wildman–Crippen MR) is 74.4 cm³/mol. The fourth-order valence-electron chi connectivity index (χ4n) is 1.82. The van der Waals surface area contributed by atoms with E-state index in [1.54, 1.807) is 0 Å². The highest BCUT2D eigenvalue weighted by Gasteiger charge is 2.15. The van der Waals surface area contributed by atoms with E-state index in [0.29, 0.717) is 5.82 Å². The van der Waals surface area contributed by atoms with Crippen LogP contribution in [0, 0.1) is 0 Å². The third-order valence-electron chi connectivity index (χ3n) is 2.84. The fourth-order valence-corrected chi connectivity index (χ4v) is 2.74. The predicted octanol–water partition coefficient (Wildman–Crippen LogP) is 0.673. The van der Waals surface area contributed by atoms with Crippen LogP contribution < -0.4 is 4.72 Å². The Bertz CT molecular complexity index is 811. The molecular formula is C12H12N6O2S. The summed E-state index contributed by atoms with van der Waals surface area (Å²) in [6, 6.07) is 7.37. The van der Waals surface area contributed by atoms with Crippen LogP contribution in [-0.2, 0) is 16.6 Å². The third kappa shape index (κ3) is 2.98. The largest absolute Gasteiger partial charge is 0.335 e. The quantitative estimate of drug-likeness (QED) is 0.640. The molecular weight excluding hydrogens is 292 g/mol. The second-order valence-electron chi connectivity index (χ2n) is 4.27. The summed E-state index contributed by atoms with van der Waals surface area (Å²) in [6.45, 7) is 0.170. The monoisotopic (exact) mass is 304 g/mol. The highest BCUT2D eigenvalue weighted by Crippen LogP contribution is 2.15. The minimum absolute atomic E-state index is 0.0360. The highest BCUT2D eigenvalue weighted by molar-refractivity contribution is 7.89. The lowest BCUT2D eigenvalue weighted by Crippen LogP contribution is -2.23. The van der Waals surface area contributed by atoms with Gasteiger partial charge < -0.3 is 4.98 Å². The first kappa shape index (κ1) is 13.5. The molecule has 2 heterocycles. The molecule has 0 amide bonds. The number of aromatic amines is 2. The first-order chi connectivity index (χ1) is 10.1. The Balaban J connectivity index is 1.76. The van der Waals surface area contributed by atoms with Gasteiger partial charge in [-0.3, -0.25) is 5.10 Å². The summed E-state index contributed by atoms with van der Waals surface area (Å²) in [5, 5.41) is 6.59. The maximum atomic E-state index is 12.0. The number of nitrogens with one attached hydrogen (secondary N) is 3. The average molecular weight is 304 g/mol. The first-order valence-corrected chi connectivity index (χ1v) is 7.56. The topological polar surface area (TPSA) is 116 Å². The number of hydrogen-bond acceptors (Lipinski definition) is 5. The van der Waals surface area contributed by atoms with E-state index in [9.17, 15) is 8.42 Å². The second kappa shape index (κ2) is 5.46. The van der Waals surface area contributed by atoms with E-state index in [4.69, 9.17) is 0 Å². The van der Waals surface area contributed by atoms with Crippen LogP contribution in [0.25, 0.3) is 11.4 Å². The molecule has 0 bridgehead atoms. The Hall–Kier alpha value is -2.52. The molecule has 0 atom stereocenters. The number of sulfonamides is 1. The van der Waals surface area contributed by atoms with Crippen LogP contribution >= 0.6 is 0 Å². The molecule has 3 aromatic rings. The molecule has 0 fully saturated rings. The molecule has 0 aliphatic rings. The van der Waals surface area contributed by atoms with Gasteiger partial charge in [0.05, 0.1) is 12.5 Å². The number of rotatable bonds is 5. The Kier molecular flexibility index (Phi) is 3.50. The zero-order valence-corrected chi connectivity index (χ0v) is 11.6. The van der Waals surface area contributed by atoms with Gasteiger partial charge in [0.15, 0.2) is 10.9 Å². The van der Waals surface area contributed by atoms with Gasteiger partial charge in [-0.2, -0.15) is 5.10 Å². The molecule has 3 N–H and O–H groups in total. The van der Waals surface area contributed by atoms with Crippen LogP contribution in [0.3, 0.4) is 0 Å². The molecule has 1 aromatic carbocycles. The van der Waals surface area contributed by atoms with E-state index in [1.165, 1.54) is 18.9 Å². The van der Waals surface area contributed by atoms with E-state index in [-0.39, 0.29) is 11.6 Å². The summed E-state index contributed by atoms with van der Waals surface area (Å²) in [6.07, 6.45) is 4.00. The van der Waals surface area contributed by atoms with E-state index in [1.807, 2.05) is 24.3 Å². The third-order valence-corrected chi connectivity index (χ3v) is 4.17. The smallest absolute Gasteiger partial charge is 0.257 e. The van der Waals surface area contributed by atoms with Gasteiger partial charge in [-0.05, 0) is 11.6 Å².